The van der Waals surface area contributed by atoms with Crippen LogP contribution in [-0.2, 0) is 15.6 Å². The molecule has 2 aliphatic heterocycles. The molecule has 3 aliphatic carbocycles. The molecule has 182 valence electrons. The zero-order chi connectivity index (χ0) is 24.7. The van der Waals surface area contributed by atoms with Gasteiger partial charge in [-0.05, 0) is 86.8 Å². The van der Waals surface area contributed by atoms with Crippen LogP contribution in [0.3, 0.4) is 0 Å². The van der Waals surface area contributed by atoms with Crippen molar-refractivity contribution >= 4 is 22.9 Å². The van der Waals surface area contributed by atoms with Gasteiger partial charge in [-0.25, -0.2) is 0 Å². The number of fused-ring (bicyclic) bond motifs is 6. The van der Waals surface area contributed by atoms with Crippen molar-refractivity contribution in [2.75, 3.05) is 5.32 Å². The van der Waals surface area contributed by atoms with Crippen LogP contribution in [0, 0.1) is 0 Å². The van der Waals surface area contributed by atoms with Crippen molar-refractivity contribution in [3.05, 3.63) is 93.4 Å². The first-order chi connectivity index (χ1) is 17.4. The van der Waals surface area contributed by atoms with Crippen molar-refractivity contribution < 1.29 is 9.90 Å². The third-order valence-corrected chi connectivity index (χ3v) is 9.41. The van der Waals surface area contributed by atoms with Crippen molar-refractivity contribution in [3.8, 4) is 0 Å². The highest BCUT2D eigenvalue weighted by molar-refractivity contribution is 6.27. The van der Waals surface area contributed by atoms with Crippen LogP contribution in [0.4, 0.5) is 11.4 Å². The molecule has 2 heterocycles. The van der Waals surface area contributed by atoms with E-state index in [1.165, 1.54) is 11.1 Å². The quantitative estimate of drug-likeness (QED) is 0.419. The number of para-hydroxylation sites is 2. The summed E-state index contributed by atoms with van der Waals surface area (Å²) in [5.41, 5.74) is 9.41. The first-order valence-corrected chi connectivity index (χ1v) is 13.4. The van der Waals surface area contributed by atoms with Crippen molar-refractivity contribution in [2.24, 2.45) is 4.99 Å². The molecule has 4 heteroatoms. The number of nitrogens with zero attached hydrogens (tertiary/aromatic N) is 1. The molecule has 1 fully saturated rings. The first kappa shape index (κ1) is 21.8. The summed E-state index contributed by atoms with van der Waals surface area (Å²) in [6.45, 7) is 4.54. The van der Waals surface area contributed by atoms with Crippen molar-refractivity contribution in [1.29, 1.82) is 0 Å². The first-order valence-electron chi connectivity index (χ1n) is 13.4. The fourth-order valence-electron chi connectivity index (χ4n) is 7.47. The van der Waals surface area contributed by atoms with E-state index in [-0.39, 0.29) is 22.4 Å². The zero-order valence-corrected chi connectivity index (χ0v) is 21.1. The number of anilines is 1. The highest BCUT2D eigenvalue weighted by atomic mass is 16.3. The molecule has 2 aromatic rings. The summed E-state index contributed by atoms with van der Waals surface area (Å²) in [6.07, 6.45) is 7.87. The van der Waals surface area contributed by atoms with Crippen LogP contribution in [0.2, 0.25) is 0 Å². The van der Waals surface area contributed by atoms with Gasteiger partial charge in [0.2, 0.25) is 5.78 Å². The van der Waals surface area contributed by atoms with Gasteiger partial charge in [0.05, 0.1) is 22.5 Å². The number of carbonyl (C=O) groups excluding carboxylic acids is 1. The number of rotatable bonds is 1. The molecule has 0 aromatic heterocycles. The lowest BCUT2D eigenvalue weighted by molar-refractivity contribution is -0.113. The van der Waals surface area contributed by atoms with Gasteiger partial charge in [-0.1, -0.05) is 49.2 Å². The molecule has 4 nitrogen and oxygen atoms in total. The average Bonchev–Trinajstić information content (AvgIpc) is 3.21. The van der Waals surface area contributed by atoms with E-state index in [2.05, 4.69) is 61.6 Å². The van der Waals surface area contributed by atoms with E-state index >= 15 is 0 Å². The molecule has 0 amide bonds. The molecular formula is C32H32N2O2. The number of ketones is 1. The van der Waals surface area contributed by atoms with Gasteiger partial charge in [-0.15, -0.1) is 0 Å². The maximum Gasteiger partial charge on any atom is 0.201 e. The number of aliphatic imine (C=N–C) groups is 1. The van der Waals surface area contributed by atoms with Gasteiger partial charge < -0.3 is 10.4 Å². The van der Waals surface area contributed by atoms with Crippen LogP contribution in [0.15, 0.2) is 87.3 Å². The van der Waals surface area contributed by atoms with E-state index in [4.69, 9.17) is 4.99 Å². The van der Waals surface area contributed by atoms with Gasteiger partial charge >= 0.3 is 0 Å². The van der Waals surface area contributed by atoms with Crippen LogP contribution >= 0.6 is 0 Å². The van der Waals surface area contributed by atoms with E-state index in [1.54, 1.807) is 0 Å². The molecule has 0 bridgehead atoms. The lowest BCUT2D eigenvalue weighted by Gasteiger charge is -2.32. The topological polar surface area (TPSA) is 61.7 Å². The van der Waals surface area contributed by atoms with Crippen molar-refractivity contribution in [3.63, 3.8) is 0 Å². The molecule has 2 N–H and O–H groups in total. The Morgan fingerprint density at radius 2 is 1.47 bits per heavy atom. The Morgan fingerprint density at radius 1 is 0.806 bits per heavy atom. The molecule has 5 aliphatic rings. The number of aliphatic hydroxyl groups is 1. The molecule has 2 atom stereocenters. The van der Waals surface area contributed by atoms with Gasteiger partial charge in [0, 0.05) is 22.2 Å². The highest BCUT2D eigenvalue weighted by Crippen LogP contribution is 2.54. The van der Waals surface area contributed by atoms with E-state index in [1.807, 2.05) is 6.07 Å². The summed E-state index contributed by atoms with van der Waals surface area (Å²) >= 11 is 0. The third kappa shape index (κ3) is 2.76. The Morgan fingerprint density at radius 3 is 2.25 bits per heavy atom. The van der Waals surface area contributed by atoms with Gasteiger partial charge in [0.25, 0.3) is 0 Å². The van der Waals surface area contributed by atoms with Crippen LogP contribution in [0.25, 0.3) is 0 Å². The van der Waals surface area contributed by atoms with E-state index in [0.29, 0.717) is 11.1 Å². The number of Topliss-reactive ketones (excluding diaryl/α,β-unsaturated/α-hetero) is 1. The summed E-state index contributed by atoms with van der Waals surface area (Å²) in [6, 6.07) is 16.8. The fraction of sp³-hybridized carbons (Fsp3) is 0.375. The minimum atomic E-state index is -0.205. The molecule has 0 radical (unpaired) electrons. The molecule has 2 aromatic carbocycles. The maximum atomic E-state index is 13.9. The summed E-state index contributed by atoms with van der Waals surface area (Å²) in [5, 5.41) is 15.2. The Hall–Kier alpha value is -3.40. The average molecular weight is 477 g/mol. The van der Waals surface area contributed by atoms with Crippen LogP contribution < -0.4 is 5.32 Å². The third-order valence-electron chi connectivity index (χ3n) is 9.41. The Bertz CT molecular complexity index is 1470. The highest BCUT2D eigenvalue weighted by Gasteiger charge is 2.49. The van der Waals surface area contributed by atoms with Crippen LogP contribution in [0.5, 0.6) is 0 Å². The minimum absolute atomic E-state index is 0.00471. The Balaban J connectivity index is 1.38. The smallest absolute Gasteiger partial charge is 0.201 e. The summed E-state index contributed by atoms with van der Waals surface area (Å²) < 4.78 is 0. The predicted molar refractivity (Wildman–Crippen MR) is 144 cm³/mol. The molecule has 2 unspecified atom stereocenters. The van der Waals surface area contributed by atoms with E-state index in [9.17, 15) is 9.90 Å². The lowest BCUT2D eigenvalue weighted by atomic mass is 9.70. The molecule has 36 heavy (non-hydrogen) atoms. The van der Waals surface area contributed by atoms with Gasteiger partial charge in [-0.2, -0.15) is 0 Å². The van der Waals surface area contributed by atoms with Crippen LogP contribution in [-0.4, -0.2) is 16.6 Å². The Kier molecular flexibility index (Phi) is 4.58. The number of allylic oxidation sites excluding steroid dienone is 5. The van der Waals surface area contributed by atoms with E-state index < -0.39 is 0 Å². The number of aliphatic hydroxyl groups excluding tert-OH is 1. The number of hydrogen-bond donors (Lipinski definition) is 2. The van der Waals surface area contributed by atoms with Crippen LogP contribution in [0.1, 0.15) is 76.3 Å². The SMILES string of the molecule is CC12CCCC/C(=C3\C(=O)C(C4=C5Nc6ccccc6C5(C)CCCC4)=C3O)C1=Nc1ccccc12. The predicted octanol–water partition coefficient (Wildman–Crippen LogP) is 7.51. The summed E-state index contributed by atoms with van der Waals surface area (Å²) in [5.74, 6) is 0.178. The normalized spacial score (nSPS) is 30.9. The second-order valence-electron chi connectivity index (χ2n) is 11.5. The standard InChI is InChI=1S/C32H32N2O2/c1-31-17-9-7-11-19(29(31)33-23-15-5-3-13-21(23)31)25-27(35)26(28(25)36)20-12-8-10-18-32(2)22-14-4-6-16-24(22)34-30(20)32/h3-6,13-16,33,35H,7-12,17-18H2,1-2H3/b26-20+. The number of nitrogens with one attached hydrogen (secondary N) is 1. The minimum Gasteiger partial charge on any atom is -0.506 e. The van der Waals surface area contributed by atoms with Gasteiger partial charge in [0.15, 0.2) is 0 Å². The number of benzene rings is 2. The molecule has 0 saturated heterocycles. The maximum absolute atomic E-state index is 13.9. The fourth-order valence-corrected chi connectivity index (χ4v) is 7.47. The molecular weight excluding hydrogens is 444 g/mol. The number of hydrogen-bond acceptors (Lipinski definition) is 4. The summed E-state index contributed by atoms with van der Waals surface area (Å²) in [4.78, 5) is 19.0. The second-order valence-corrected chi connectivity index (χ2v) is 11.5. The largest absolute Gasteiger partial charge is 0.506 e. The molecule has 0 spiro atoms. The number of carbonyl (C=O) groups is 1. The van der Waals surface area contributed by atoms with E-state index in [0.717, 1.165) is 85.3 Å². The Labute approximate surface area is 212 Å². The molecule has 7 rings (SSSR count). The monoisotopic (exact) mass is 476 g/mol. The second kappa shape index (κ2) is 7.55. The lowest BCUT2D eigenvalue weighted by Crippen LogP contribution is -2.34. The van der Waals surface area contributed by atoms with Gasteiger partial charge in [-0.3, -0.25) is 9.79 Å². The van der Waals surface area contributed by atoms with Gasteiger partial charge in [0.1, 0.15) is 5.76 Å². The summed E-state index contributed by atoms with van der Waals surface area (Å²) in [7, 11) is 0. The zero-order valence-electron chi connectivity index (χ0n) is 21.1. The van der Waals surface area contributed by atoms with Crippen molar-refractivity contribution in [1.82, 2.24) is 0 Å². The molecule has 1 saturated carbocycles. The van der Waals surface area contributed by atoms with Crippen molar-refractivity contribution in [2.45, 2.75) is 76.0 Å².